The number of halogens is 1. The quantitative estimate of drug-likeness (QED) is 0.814. The first-order chi connectivity index (χ1) is 12.0. The molecule has 1 fully saturated rings. The fourth-order valence-corrected chi connectivity index (χ4v) is 2.54. The van der Waals surface area contributed by atoms with Crippen molar-refractivity contribution in [2.75, 3.05) is 39.3 Å². The van der Waals surface area contributed by atoms with Crippen LogP contribution in [-0.4, -0.2) is 67.0 Å². The molecule has 0 aliphatic carbocycles. The molecule has 25 heavy (non-hydrogen) atoms. The van der Waals surface area contributed by atoms with Gasteiger partial charge in [-0.25, -0.2) is 9.18 Å². The van der Waals surface area contributed by atoms with E-state index in [4.69, 9.17) is 4.74 Å². The highest BCUT2D eigenvalue weighted by Crippen LogP contribution is 2.07. The lowest BCUT2D eigenvalue weighted by atomic mass is 10.1. The maximum absolute atomic E-state index is 13.5. The summed E-state index contributed by atoms with van der Waals surface area (Å²) in [6.07, 6.45) is -0.105. The van der Waals surface area contributed by atoms with Crippen LogP contribution in [0.25, 0.3) is 0 Å². The number of nitrogens with one attached hydrogen (secondary N) is 1. The Balaban J connectivity index is 1.74. The summed E-state index contributed by atoms with van der Waals surface area (Å²) in [6, 6.07) is 6.30. The van der Waals surface area contributed by atoms with Crippen molar-refractivity contribution in [2.45, 2.75) is 13.3 Å². The van der Waals surface area contributed by atoms with Crippen LogP contribution in [0.4, 0.5) is 9.18 Å². The topological polar surface area (TPSA) is 79.0 Å². The van der Waals surface area contributed by atoms with Crippen molar-refractivity contribution in [3.05, 3.63) is 35.6 Å². The second-order valence-electron chi connectivity index (χ2n) is 5.58. The van der Waals surface area contributed by atoms with Crippen molar-refractivity contribution in [1.82, 2.24) is 15.1 Å². The molecule has 0 saturated carbocycles. The average Bonchev–Trinajstić information content (AvgIpc) is 2.63. The zero-order valence-corrected chi connectivity index (χ0v) is 14.2. The minimum absolute atomic E-state index is 0.175. The van der Waals surface area contributed by atoms with Gasteiger partial charge >= 0.3 is 17.9 Å². The molecule has 1 aliphatic rings. The molecule has 0 bridgehead atoms. The lowest BCUT2D eigenvalue weighted by Gasteiger charge is -2.33. The first kappa shape index (κ1) is 18.7. The molecule has 2 rings (SSSR count). The van der Waals surface area contributed by atoms with E-state index in [1.807, 2.05) is 0 Å². The minimum atomic E-state index is -0.721. The molecule has 1 aromatic carbocycles. The molecule has 8 heteroatoms. The Bertz CT molecular complexity index is 630. The molecular weight excluding hydrogens is 329 g/mol. The van der Waals surface area contributed by atoms with E-state index in [1.165, 1.54) is 15.9 Å². The summed E-state index contributed by atoms with van der Waals surface area (Å²) in [5.74, 6) is -1.70. The van der Waals surface area contributed by atoms with Gasteiger partial charge in [-0.1, -0.05) is 18.2 Å². The number of ether oxygens (including phenoxy) is 1. The maximum Gasteiger partial charge on any atom is 0.409 e. The third kappa shape index (κ3) is 5.17. The number of hydrogen-bond acceptors (Lipinski definition) is 4. The van der Waals surface area contributed by atoms with Crippen molar-refractivity contribution in [3.63, 3.8) is 0 Å². The normalized spacial score (nSPS) is 14.2. The standard InChI is InChI=1S/C17H22FN3O4/c1-2-25-17(24)21-11-9-20(10-12-21)16(23)15(22)19-8-7-13-5-3-4-6-14(13)18/h3-6H,2,7-12H2,1H3,(H,19,22). The predicted molar refractivity (Wildman–Crippen MR) is 88.3 cm³/mol. The lowest BCUT2D eigenvalue weighted by molar-refractivity contribution is -0.146. The highest BCUT2D eigenvalue weighted by molar-refractivity contribution is 6.35. The molecular formula is C17H22FN3O4. The highest BCUT2D eigenvalue weighted by Gasteiger charge is 2.28. The number of amides is 3. The van der Waals surface area contributed by atoms with Gasteiger partial charge < -0.3 is 19.9 Å². The SMILES string of the molecule is CCOC(=O)N1CCN(C(=O)C(=O)NCCc2ccccc2F)CC1. The van der Waals surface area contributed by atoms with Gasteiger partial charge in [-0.15, -0.1) is 0 Å². The van der Waals surface area contributed by atoms with Crippen LogP contribution in [0.3, 0.4) is 0 Å². The molecule has 1 N–H and O–H groups in total. The zero-order chi connectivity index (χ0) is 18.2. The van der Waals surface area contributed by atoms with Crippen molar-refractivity contribution >= 4 is 17.9 Å². The van der Waals surface area contributed by atoms with Crippen LogP contribution in [0.15, 0.2) is 24.3 Å². The second-order valence-corrected chi connectivity index (χ2v) is 5.58. The van der Waals surface area contributed by atoms with Crippen LogP contribution < -0.4 is 5.32 Å². The second kappa shape index (κ2) is 9.00. The van der Waals surface area contributed by atoms with Crippen LogP contribution in [-0.2, 0) is 20.7 Å². The third-order valence-corrected chi connectivity index (χ3v) is 3.92. The van der Waals surface area contributed by atoms with E-state index in [2.05, 4.69) is 5.32 Å². The molecule has 3 amide bonds. The van der Waals surface area contributed by atoms with Gasteiger partial charge in [-0.05, 0) is 25.0 Å². The van der Waals surface area contributed by atoms with Crippen LogP contribution >= 0.6 is 0 Å². The van der Waals surface area contributed by atoms with E-state index in [9.17, 15) is 18.8 Å². The molecule has 1 aromatic rings. The predicted octanol–water partition coefficient (Wildman–Crippen LogP) is 0.785. The molecule has 1 heterocycles. The van der Waals surface area contributed by atoms with Crippen molar-refractivity contribution in [2.24, 2.45) is 0 Å². The molecule has 1 aliphatic heterocycles. The van der Waals surface area contributed by atoms with Gasteiger partial charge in [0.25, 0.3) is 0 Å². The molecule has 0 spiro atoms. The zero-order valence-electron chi connectivity index (χ0n) is 14.2. The van der Waals surface area contributed by atoms with Crippen LogP contribution in [0.1, 0.15) is 12.5 Å². The van der Waals surface area contributed by atoms with Gasteiger partial charge in [0.05, 0.1) is 6.61 Å². The van der Waals surface area contributed by atoms with Gasteiger partial charge in [0.1, 0.15) is 5.82 Å². The molecule has 1 saturated heterocycles. The van der Waals surface area contributed by atoms with Crippen molar-refractivity contribution in [1.29, 1.82) is 0 Å². The number of benzene rings is 1. The molecule has 136 valence electrons. The summed E-state index contributed by atoms with van der Waals surface area (Å²) in [5.41, 5.74) is 0.485. The van der Waals surface area contributed by atoms with Crippen LogP contribution in [0.2, 0.25) is 0 Å². The number of hydrogen-bond donors (Lipinski definition) is 1. The largest absolute Gasteiger partial charge is 0.450 e. The van der Waals surface area contributed by atoms with Gasteiger partial charge in [-0.3, -0.25) is 9.59 Å². The summed E-state index contributed by atoms with van der Waals surface area (Å²) >= 11 is 0. The van der Waals surface area contributed by atoms with Gasteiger partial charge in [0.15, 0.2) is 0 Å². The van der Waals surface area contributed by atoms with E-state index in [0.717, 1.165) is 0 Å². The number of carbonyl (C=O) groups is 3. The minimum Gasteiger partial charge on any atom is -0.450 e. The number of nitrogens with zero attached hydrogens (tertiary/aromatic N) is 2. The van der Waals surface area contributed by atoms with E-state index < -0.39 is 17.9 Å². The lowest BCUT2D eigenvalue weighted by Crippen LogP contribution is -2.54. The summed E-state index contributed by atoms with van der Waals surface area (Å²) in [7, 11) is 0. The summed E-state index contributed by atoms with van der Waals surface area (Å²) in [6.45, 7) is 3.40. The highest BCUT2D eigenvalue weighted by atomic mass is 19.1. The van der Waals surface area contributed by atoms with Crippen molar-refractivity contribution in [3.8, 4) is 0 Å². The van der Waals surface area contributed by atoms with Gasteiger partial charge in [0, 0.05) is 32.7 Å². The molecule has 0 radical (unpaired) electrons. The van der Waals surface area contributed by atoms with Crippen molar-refractivity contribution < 1.29 is 23.5 Å². The molecule has 0 atom stereocenters. The number of carbonyl (C=O) groups excluding carboxylic acids is 3. The summed E-state index contributed by atoms with van der Waals surface area (Å²) < 4.78 is 18.4. The Morgan fingerprint density at radius 2 is 1.76 bits per heavy atom. The Labute approximate surface area is 145 Å². The summed E-state index contributed by atoms with van der Waals surface area (Å²) in [5, 5.41) is 2.51. The van der Waals surface area contributed by atoms with E-state index in [-0.39, 0.29) is 25.5 Å². The van der Waals surface area contributed by atoms with Crippen LogP contribution in [0, 0.1) is 5.82 Å². The van der Waals surface area contributed by atoms with Gasteiger partial charge in [0.2, 0.25) is 0 Å². The van der Waals surface area contributed by atoms with E-state index in [1.54, 1.807) is 25.1 Å². The Morgan fingerprint density at radius 3 is 2.40 bits per heavy atom. The van der Waals surface area contributed by atoms with Crippen LogP contribution in [0.5, 0.6) is 0 Å². The van der Waals surface area contributed by atoms with E-state index in [0.29, 0.717) is 31.7 Å². The smallest absolute Gasteiger partial charge is 0.409 e. The Kier molecular flexibility index (Phi) is 6.73. The van der Waals surface area contributed by atoms with Gasteiger partial charge in [-0.2, -0.15) is 0 Å². The first-order valence-corrected chi connectivity index (χ1v) is 8.25. The molecule has 0 aromatic heterocycles. The molecule has 0 unspecified atom stereocenters. The Morgan fingerprint density at radius 1 is 1.12 bits per heavy atom. The fourth-order valence-electron chi connectivity index (χ4n) is 2.54. The average molecular weight is 351 g/mol. The maximum atomic E-state index is 13.5. The monoisotopic (exact) mass is 351 g/mol. The summed E-state index contributed by atoms with van der Waals surface area (Å²) in [4.78, 5) is 38.6. The molecule has 7 nitrogen and oxygen atoms in total. The third-order valence-electron chi connectivity index (χ3n) is 3.92. The number of piperazine rings is 1. The first-order valence-electron chi connectivity index (χ1n) is 8.25. The number of rotatable bonds is 4. The fraction of sp³-hybridized carbons (Fsp3) is 0.471. The van der Waals surface area contributed by atoms with E-state index >= 15 is 0 Å². The Hall–Kier alpha value is -2.64.